The number of allylic oxidation sites excluding steroid dienone is 1. The molecule has 0 amide bonds. The SMILES string of the molecule is CS(=O)(=O)C1=CN=[C-]1. The molecule has 44 valence electrons. The van der Waals surface area contributed by atoms with Crippen molar-refractivity contribution in [1.29, 1.82) is 0 Å². The Morgan fingerprint density at radius 3 is 2.25 bits per heavy atom. The van der Waals surface area contributed by atoms with E-state index in [1.165, 1.54) is 6.20 Å². The standard InChI is InChI=1S/C4H4NO2S/c1-8(6,7)4-2-5-3-4/h2H,1H3/q-1. The molecule has 0 aromatic rings. The molecule has 0 radical (unpaired) electrons. The van der Waals surface area contributed by atoms with Gasteiger partial charge >= 0.3 is 0 Å². The molecule has 1 heterocycles. The highest BCUT2D eigenvalue weighted by Crippen LogP contribution is 2.07. The van der Waals surface area contributed by atoms with E-state index in [2.05, 4.69) is 11.2 Å². The summed E-state index contributed by atoms with van der Waals surface area (Å²) in [5.41, 5.74) is 0. The molecule has 0 saturated heterocycles. The Kier molecular flexibility index (Phi) is 0.973. The van der Waals surface area contributed by atoms with Crippen molar-refractivity contribution in [1.82, 2.24) is 0 Å². The summed E-state index contributed by atoms with van der Waals surface area (Å²) in [5, 5.41) is 0. The predicted molar refractivity (Wildman–Crippen MR) is 30.4 cm³/mol. The lowest BCUT2D eigenvalue weighted by atomic mass is 10.6. The monoisotopic (exact) mass is 130 g/mol. The molecule has 0 unspecified atom stereocenters. The first-order chi connectivity index (χ1) is 3.61. The van der Waals surface area contributed by atoms with Crippen molar-refractivity contribution in [2.75, 3.05) is 6.26 Å². The van der Waals surface area contributed by atoms with Gasteiger partial charge in [-0.3, -0.25) is 0 Å². The van der Waals surface area contributed by atoms with Gasteiger partial charge in [0, 0.05) is 6.26 Å². The van der Waals surface area contributed by atoms with Gasteiger partial charge in [-0.1, -0.05) is 12.4 Å². The van der Waals surface area contributed by atoms with Gasteiger partial charge in [0.05, 0.1) is 0 Å². The molecule has 0 N–H and O–H groups in total. The average molecular weight is 130 g/mol. The summed E-state index contributed by atoms with van der Waals surface area (Å²) in [6.45, 7) is 0. The third-order valence-electron chi connectivity index (χ3n) is 0.756. The second-order valence-corrected chi connectivity index (χ2v) is 3.49. The Bertz CT molecular complexity index is 247. The summed E-state index contributed by atoms with van der Waals surface area (Å²) in [7, 11) is -3.01. The maximum absolute atomic E-state index is 10.4. The Balaban J connectivity index is 2.93. The molecule has 0 aromatic carbocycles. The highest BCUT2D eigenvalue weighted by atomic mass is 32.2. The Hall–Kier alpha value is -0.640. The van der Waals surface area contributed by atoms with Crippen LogP contribution in [-0.2, 0) is 9.84 Å². The van der Waals surface area contributed by atoms with Gasteiger partial charge in [0.1, 0.15) is 0 Å². The van der Waals surface area contributed by atoms with E-state index < -0.39 is 9.84 Å². The van der Waals surface area contributed by atoms with Gasteiger partial charge in [-0.2, -0.15) is 0 Å². The third-order valence-corrected chi connectivity index (χ3v) is 1.75. The molecule has 0 bridgehead atoms. The van der Waals surface area contributed by atoms with E-state index in [0.29, 0.717) is 0 Å². The van der Waals surface area contributed by atoms with Gasteiger partial charge in [-0.05, 0) is 4.91 Å². The quantitative estimate of drug-likeness (QED) is 0.463. The molecular formula is C4H4NO2S-. The molecule has 0 saturated carbocycles. The second kappa shape index (κ2) is 1.42. The maximum Gasteiger partial charge on any atom is 0.155 e. The Labute approximate surface area is 47.7 Å². The molecule has 1 rings (SSSR count). The van der Waals surface area contributed by atoms with E-state index in [-0.39, 0.29) is 4.91 Å². The van der Waals surface area contributed by atoms with E-state index in [0.717, 1.165) is 6.26 Å². The summed E-state index contributed by atoms with van der Waals surface area (Å²) in [6, 6.07) is 0. The average Bonchev–Trinajstić information content (AvgIpc) is 1.16. The molecular weight excluding hydrogens is 126 g/mol. The Morgan fingerprint density at radius 2 is 2.25 bits per heavy atom. The van der Waals surface area contributed by atoms with Crippen LogP contribution in [0, 0.1) is 0 Å². The fourth-order valence-electron chi connectivity index (χ4n) is 0.296. The lowest BCUT2D eigenvalue weighted by Crippen LogP contribution is -2.05. The largest absolute Gasteiger partial charge is 0.392 e. The van der Waals surface area contributed by atoms with Gasteiger partial charge < -0.3 is 4.99 Å². The number of hydrogen-bond acceptors (Lipinski definition) is 3. The number of hydrogen-bond donors (Lipinski definition) is 0. The van der Waals surface area contributed by atoms with Crippen LogP contribution in [0.3, 0.4) is 0 Å². The van der Waals surface area contributed by atoms with E-state index in [1.54, 1.807) is 0 Å². The lowest BCUT2D eigenvalue weighted by molar-refractivity contribution is 0.608. The van der Waals surface area contributed by atoms with Gasteiger partial charge in [0.25, 0.3) is 0 Å². The van der Waals surface area contributed by atoms with Gasteiger partial charge in [0.2, 0.25) is 0 Å². The summed E-state index contributed by atoms with van der Waals surface area (Å²) in [4.78, 5) is 3.57. The molecule has 0 aromatic heterocycles. The van der Waals surface area contributed by atoms with Crippen molar-refractivity contribution in [2.45, 2.75) is 0 Å². The van der Waals surface area contributed by atoms with E-state index in [1.807, 2.05) is 0 Å². The minimum atomic E-state index is -3.01. The summed E-state index contributed by atoms with van der Waals surface area (Å²) in [6.07, 6.45) is 4.68. The first kappa shape index (κ1) is 5.50. The molecule has 4 heteroatoms. The fourth-order valence-corrected chi connectivity index (χ4v) is 0.759. The van der Waals surface area contributed by atoms with Crippen LogP contribution in [0.25, 0.3) is 0 Å². The van der Waals surface area contributed by atoms with Crippen LogP contribution in [0.2, 0.25) is 0 Å². The Morgan fingerprint density at radius 1 is 1.75 bits per heavy atom. The molecule has 8 heavy (non-hydrogen) atoms. The number of sulfone groups is 1. The molecule has 1 aliphatic rings. The number of rotatable bonds is 1. The first-order valence-electron chi connectivity index (χ1n) is 1.97. The van der Waals surface area contributed by atoms with Crippen molar-refractivity contribution in [2.24, 2.45) is 4.99 Å². The van der Waals surface area contributed by atoms with Gasteiger partial charge in [-0.15, -0.1) is 0 Å². The van der Waals surface area contributed by atoms with Gasteiger partial charge in [-0.25, -0.2) is 8.42 Å². The zero-order chi connectivity index (χ0) is 6.20. The molecule has 1 aliphatic heterocycles. The third kappa shape index (κ3) is 0.790. The molecule has 0 fully saturated rings. The highest BCUT2D eigenvalue weighted by Gasteiger charge is 2.04. The molecule has 0 spiro atoms. The minimum absolute atomic E-state index is 0.192. The highest BCUT2D eigenvalue weighted by molar-refractivity contribution is 7.95. The zero-order valence-electron chi connectivity index (χ0n) is 4.25. The van der Waals surface area contributed by atoms with Crippen LogP contribution in [-0.4, -0.2) is 20.9 Å². The lowest BCUT2D eigenvalue weighted by Gasteiger charge is -2.08. The van der Waals surface area contributed by atoms with Crippen molar-refractivity contribution >= 4 is 16.1 Å². The van der Waals surface area contributed by atoms with Crippen molar-refractivity contribution in [3.05, 3.63) is 11.1 Å². The van der Waals surface area contributed by atoms with Crippen LogP contribution >= 0.6 is 0 Å². The van der Waals surface area contributed by atoms with Crippen molar-refractivity contribution in [3.63, 3.8) is 0 Å². The van der Waals surface area contributed by atoms with Crippen molar-refractivity contribution in [3.8, 4) is 0 Å². The molecule has 3 nitrogen and oxygen atoms in total. The van der Waals surface area contributed by atoms with E-state index in [4.69, 9.17) is 0 Å². The van der Waals surface area contributed by atoms with Crippen LogP contribution in [0.5, 0.6) is 0 Å². The normalized spacial score (nSPS) is 17.4. The van der Waals surface area contributed by atoms with Crippen LogP contribution in [0.1, 0.15) is 0 Å². The number of aliphatic imine (C=N–C) groups is 1. The van der Waals surface area contributed by atoms with Crippen LogP contribution < -0.4 is 0 Å². The summed E-state index contributed by atoms with van der Waals surface area (Å²) < 4.78 is 20.8. The minimum Gasteiger partial charge on any atom is -0.392 e. The molecule has 0 aliphatic carbocycles. The summed E-state index contributed by atoms with van der Waals surface area (Å²) >= 11 is 0. The summed E-state index contributed by atoms with van der Waals surface area (Å²) in [5.74, 6) is 0. The zero-order valence-corrected chi connectivity index (χ0v) is 5.07. The predicted octanol–water partition coefficient (Wildman–Crippen LogP) is -0.166. The van der Waals surface area contributed by atoms with Crippen LogP contribution in [0.4, 0.5) is 0 Å². The first-order valence-corrected chi connectivity index (χ1v) is 3.86. The van der Waals surface area contributed by atoms with E-state index in [9.17, 15) is 8.42 Å². The second-order valence-electron chi connectivity index (χ2n) is 1.51. The molecule has 0 atom stereocenters. The topological polar surface area (TPSA) is 46.5 Å². The number of nitrogens with zero attached hydrogens (tertiary/aromatic N) is 1. The smallest absolute Gasteiger partial charge is 0.155 e. The van der Waals surface area contributed by atoms with Crippen LogP contribution in [0.15, 0.2) is 16.1 Å². The van der Waals surface area contributed by atoms with E-state index >= 15 is 0 Å². The van der Waals surface area contributed by atoms with Gasteiger partial charge in [0.15, 0.2) is 9.84 Å². The maximum atomic E-state index is 10.4. The van der Waals surface area contributed by atoms with Crippen molar-refractivity contribution < 1.29 is 8.42 Å². The fraction of sp³-hybridized carbons (Fsp3) is 0.250.